The van der Waals surface area contributed by atoms with Crippen molar-refractivity contribution < 1.29 is 5.11 Å². The van der Waals surface area contributed by atoms with Gasteiger partial charge in [-0.3, -0.25) is 0 Å². The molecule has 0 saturated heterocycles. The topological polar surface area (TPSA) is 79.8 Å². The van der Waals surface area contributed by atoms with E-state index in [0.29, 0.717) is 12.2 Å². The summed E-state index contributed by atoms with van der Waals surface area (Å²) in [5, 5.41) is 29.3. The van der Waals surface area contributed by atoms with E-state index in [1.54, 1.807) is 12.1 Å². The van der Waals surface area contributed by atoms with Gasteiger partial charge in [0.2, 0.25) is 0 Å². The average Bonchev–Trinajstić information content (AvgIpc) is 2.35. The van der Waals surface area contributed by atoms with Gasteiger partial charge in [0, 0.05) is 6.54 Å². The van der Waals surface area contributed by atoms with E-state index in [0.717, 1.165) is 5.56 Å². The summed E-state index contributed by atoms with van der Waals surface area (Å²) in [4.78, 5) is 0. The van der Waals surface area contributed by atoms with E-state index in [2.05, 4.69) is 5.32 Å². The lowest BCUT2D eigenvalue weighted by molar-refractivity contribution is 0.299. The number of nitriles is 2. The minimum absolute atomic E-state index is 0.0136. The quantitative estimate of drug-likeness (QED) is 0.732. The minimum Gasteiger partial charge on any atom is -0.395 e. The van der Waals surface area contributed by atoms with Gasteiger partial charge in [-0.25, -0.2) is 0 Å². The van der Waals surface area contributed by atoms with Crippen LogP contribution >= 0.6 is 0 Å². The minimum atomic E-state index is -0.0551. The molecule has 0 aliphatic rings. The number of benzene rings is 1. The fraction of sp³-hybridized carbons (Fsp3) is 0.167. The van der Waals surface area contributed by atoms with Crippen molar-refractivity contribution in [2.75, 3.05) is 13.2 Å². The summed E-state index contributed by atoms with van der Waals surface area (Å²) in [5.41, 5.74) is 1.23. The summed E-state index contributed by atoms with van der Waals surface area (Å²) in [6.45, 7) is 0.248. The first-order valence-electron chi connectivity index (χ1n) is 4.78. The Balaban J connectivity index is 3.13. The molecule has 0 atom stereocenters. The van der Waals surface area contributed by atoms with Crippen molar-refractivity contribution in [3.8, 4) is 12.1 Å². The molecule has 0 aliphatic carbocycles. The molecule has 80 valence electrons. The molecule has 0 bridgehead atoms. The highest BCUT2D eigenvalue weighted by Crippen LogP contribution is 2.14. The largest absolute Gasteiger partial charge is 0.395 e. The summed E-state index contributed by atoms with van der Waals surface area (Å²) in [5.74, 6) is 0. The van der Waals surface area contributed by atoms with Gasteiger partial charge >= 0.3 is 0 Å². The number of aliphatic hydroxyl groups is 1. The lowest BCUT2D eigenvalue weighted by Gasteiger charge is -2.09. The summed E-state index contributed by atoms with van der Waals surface area (Å²) < 4.78 is 0. The molecular formula is C12H11N3O. The van der Waals surface area contributed by atoms with Gasteiger partial charge in [0.1, 0.15) is 12.1 Å². The van der Waals surface area contributed by atoms with Crippen LogP contribution < -0.4 is 5.32 Å². The van der Waals surface area contributed by atoms with Crippen molar-refractivity contribution >= 4 is 5.70 Å². The van der Waals surface area contributed by atoms with Crippen LogP contribution in [0.1, 0.15) is 5.56 Å². The molecule has 4 nitrogen and oxygen atoms in total. The van der Waals surface area contributed by atoms with Crippen LogP contribution in [0.15, 0.2) is 35.9 Å². The van der Waals surface area contributed by atoms with Crippen LogP contribution in [0.2, 0.25) is 0 Å². The summed E-state index contributed by atoms with van der Waals surface area (Å²) in [6, 6.07) is 12.8. The zero-order valence-electron chi connectivity index (χ0n) is 8.64. The first-order chi connectivity index (χ1) is 7.83. The predicted octanol–water partition coefficient (Wildman–Crippen LogP) is 1.03. The summed E-state index contributed by atoms with van der Waals surface area (Å²) in [7, 11) is 0. The molecule has 1 aromatic rings. The van der Waals surface area contributed by atoms with Gasteiger partial charge in [0.15, 0.2) is 5.57 Å². The number of rotatable bonds is 4. The molecule has 0 heterocycles. The van der Waals surface area contributed by atoms with Gasteiger partial charge in [-0.1, -0.05) is 30.3 Å². The maximum absolute atomic E-state index is 8.82. The molecule has 0 aliphatic heterocycles. The molecule has 0 amide bonds. The molecule has 0 fully saturated rings. The molecule has 16 heavy (non-hydrogen) atoms. The van der Waals surface area contributed by atoms with Crippen LogP contribution in [0.3, 0.4) is 0 Å². The molecule has 0 unspecified atom stereocenters. The second kappa shape index (κ2) is 6.23. The highest BCUT2D eigenvalue weighted by atomic mass is 16.3. The maximum atomic E-state index is 8.82. The third-order valence-electron chi connectivity index (χ3n) is 1.95. The van der Waals surface area contributed by atoms with Crippen LogP contribution in [-0.4, -0.2) is 18.3 Å². The van der Waals surface area contributed by atoms with E-state index in [1.165, 1.54) is 0 Å². The van der Waals surface area contributed by atoms with E-state index < -0.39 is 0 Å². The van der Waals surface area contributed by atoms with Gasteiger partial charge in [0.05, 0.1) is 12.3 Å². The smallest absolute Gasteiger partial charge is 0.153 e. The molecule has 1 rings (SSSR count). The normalized spacial score (nSPS) is 8.69. The number of nitrogens with zero attached hydrogens (tertiary/aromatic N) is 2. The van der Waals surface area contributed by atoms with E-state index in [-0.39, 0.29) is 12.2 Å². The first kappa shape index (κ1) is 11.8. The van der Waals surface area contributed by atoms with Crippen LogP contribution in [0, 0.1) is 22.7 Å². The molecule has 0 aromatic heterocycles. The van der Waals surface area contributed by atoms with Crippen molar-refractivity contribution in [2.24, 2.45) is 0 Å². The number of nitrogens with one attached hydrogen (secondary N) is 1. The fourth-order valence-corrected chi connectivity index (χ4v) is 1.26. The lowest BCUT2D eigenvalue weighted by Crippen LogP contribution is -2.18. The van der Waals surface area contributed by atoms with Crippen molar-refractivity contribution in [1.29, 1.82) is 10.5 Å². The third-order valence-corrected chi connectivity index (χ3v) is 1.95. The first-order valence-corrected chi connectivity index (χ1v) is 4.78. The van der Waals surface area contributed by atoms with Crippen LogP contribution in [0.25, 0.3) is 5.70 Å². The maximum Gasteiger partial charge on any atom is 0.153 e. The Bertz CT molecular complexity index is 435. The van der Waals surface area contributed by atoms with Gasteiger partial charge in [0.25, 0.3) is 0 Å². The number of allylic oxidation sites excluding steroid dienone is 1. The highest BCUT2D eigenvalue weighted by Gasteiger charge is 2.07. The molecule has 4 heteroatoms. The van der Waals surface area contributed by atoms with Gasteiger partial charge in [-0.2, -0.15) is 10.5 Å². The SMILES string of the molecule is N#CC(C#N)=C(NCCO)c1ccccc1. The zero-order chi connectivity index (χ0) is 11.8. The van der Waals surface area contributed by atoms with Crippen molar-refractivity contribution in [1.82, 2.24) is 5.32 Å². The summed E-state index contributed by atoms with van der Waals surface area (Å²) >= 11 is 0. The number of hydrogen-bond donors (Lipinski definition) is 2. The number of aliphatic hydroxyl groups excluding tert-OH is 1. The Morgan fingerprint density at radius 3 is 2.31 bits per heavy atom. The molecule has 1 aromatic carbocycles. The monoisotopic (exact) mass is 213 g/mol. The van der Waals surface area contributed by atoms with E-state index >= 15 is 0 Å². The van der Waals surface area contributed by atoms with Crippen LogP contribution in [0.5, 0.6) is 0 Å². The standard InChI is InChI=1S/C12H11N3O/c13-8-11(9-14)12(15-6-7-16)10-4-2-1-3-5-10/h1-5,15-16H,6-7H2. The van der Waals surface area contributed by atoms with Gasteiger partial charge in [-0.05, 0) is 5.56 Å². The highest BCUT2D eigenvalue weighted by molar-refractivity contribution is 5.73. The predicted molar refractivity (Wildman–Crippen MR) is 59.7 cm³/mol. The molecule has 0 radical (unpaired) electrons. The van der Waals surface area contributed by atoms with Crippen molar-refractivity contribution in [2.45, 2.75) is 0 Å². The van der Waals surface area contributed by atoms with Crippen molar-refractivity contribution in [3.63, 3.8) is 0 Å². The Kier molecular flexibility index (Phi) is 4.59. The molecular weight excluding hydrogens is 202 g/mol. The Morgan fingerprint density at radius 1 is 1.19 bits per heavy atom. The van der Waals surface area contributed by atoms with Gasteiger partial charge in [-0.15, -0.1) is 0 Å². The Hall–Kier alpha value is -2.30. The van der Waals surface area contributed by atoms with E-state index in [4.69, 9.17) is 15.6 Å². The van der Waals surface area contributed by atoms with Gasteiger partial charge < -0.3 is 10.4 Å². The Labute approximate surface area is 94.1 Å². The van der Waals surface area contributed by atoms with Crippen LogP contribution in [-0.2, 0) is 0 Å². The average molecular weight is 213 g/mol. The second-order valence-corrected chi connectivity index (χ2v) is 2.99. The summed E-state index contributed by atoms with van der Waals surface area (Å²) in [6.07, 6.45) is 0. The number of hydrogen-bond acceptors (Lipinski definition) is 4. The van der Waals surface area contributed by atoms with E-state index in [1.807, 2.05) is 30.3 Å². The third kappa shape index (κ3) is 2.84. The zero-order valence-corrected chi connectivity index (χ0v) is 8.64. The lowest BCUT2D eigenvalue weighted by atomic mass is 10.1. The molecule has 0 spiro atoms. The Morgan fingerprint density at radius 2 is 1.81 bits per heavy atom. The second-order valence-electron chi connectivity index (χ2n) is 2.99. The fourth-order valence-electron chi connectivity index (χ4n) is 1.26. The molecule has 2 N–H and O–H groups in total. The van der Waals surface area contributed by atoms with E-state index in [9.17, 15) is 0 Å². The molecule has 0 saturated carbocycles. The van der Waals surface area contributed by atoms with Crippen molar-refractivity contribution in [3.05, 3.63) is 41.5 Å². The van der Waals surface area contributed by atoms with Crippen LogP contribution in [0.4, 0.5) is 0 Å².